The van der Waals surface area contributed by atoms with Gasteiger partial charge in [0, 0.05) is 27.3 Å². The number of nitrogens with one attached hydrogen (secondary N) is 2. The van der Waals surface area contributed by atoms with Crippen LogP contribution in [0.5, 0.6) is 0 Å². The van der Waals surface area contributed by atoms with Gasteiger partial charge in [-0.15, -0.1) is 0 Å². The van der Waals surface area contributed by atoms with E-state index >= 15 is 0 Å². The van der Waals surface area contributed by atoms with Crippen LogP contribution < -0.4 is 10.6 Å². The number of amides is 2. The van der Waals surface area contributed by atoms with Crippen LogP contribution in [0.3, 0.4) is 0 Å². The highest BCUT2D eigenvalue weighted by Crippen LogP contribution is 2.13. The Labute approximate surface area is 164 Å². The molecule has 1 aromatic carbocycles. The number of nitriles is 2. The number of hydrogen-bond acceptors (Lipinski definition) is 6. The second-order valence-electron chi connectivity index (χ2n) is 5.51. The quantitative estimate of drug-likeness (QED) is 0.354. The zero-order valence-corrected chi connectivity index (χ0v) is 15.8. The summed E-state index contributed by atoms with van der Waals surface area (Å²) in [6.07, 6.45) is 2.87. The molecule has 146 valence electrons. The number of carbonyl (C=O) groups is 2. The molecule has 0 bridgehead atoms. The second kappa shape index (κ2) is 12.8. The molecule has 0 heterocycles. The van der Waals surface area contributed by atoms with Crippen molar-refractivity contribution >= 4 is 24.0 Å². The molecule has 28 heavy (non-hydrogen) atoms. The van der Waals surface area contributed by atoms with Crippen molar-refractivity contribution in [2.75, 3.05) is 40.5 Å². The van der Waals surface area contributed by atoms with E-state index in [2.05, 4.69) is 10.6 Å². The van der Waals surface area contributed by atoms with E-state index in [0.717, 1.165) is 0 Å². The Morgan fingerprint density at radius 1 is 0.929 bits per heavy atom. The van der Waals surface area contributed by atoms with Crippen molar-refractivity contribution in [3.63, 3.8) is 0 Å². The third kappa shape index (κ3) is 7.83. The topological polar surface area (TPSA) is 124 Å². The summed E-state index contributed by atoms with van der Waals surface area (Å²) >= 11 is 0. The fourth-order valence-electron chi connectivity index (χ4n) is 2.09. The van der Waals surface area contributed by atoms with Crippen LogP contribution in [0.1, 0.15) is 11.1 Å². The standard InChI is InChI=1S/C20H22N4O4/c1-27-8-6-23-19(25)17(13-21)11-15-4-3-5-16(10-15)12-18(14-22)20(26)24-7-9-28-2/h3-5,10-12H,6-9H2,1-2H3,(H,23,25)(H,24,26). The van der Waals surface area contributed by atoms with Gasteiger partial charge in [0.25, 0.3) is 11.8 Å². The first-order chi connectivity index (χ1) is 13.5. The molecule has 2 amide bonds. The third-order valence-electron chi connectivity index (χ3n) is 3.45. The largest absolute Gasteiger partial charge is 0.383 e. The van der Waals surface area contributed by atoms with Gasteiger partial charge in [-0.05, 0) is 29.3 Å². The third-order valence-corrected chi connectivity index (χ3v) is 3.45. The summed E-state index contributed by atoms with van der Waals surface area (Å²) in [4.78, 5) is 24.0. The molecule has 8 nitrogen and oxygen atoms in total. The molecule has 0 saturated heterocycles. The molecular weight excluding hydrogens is 360 g/mol. The van der Waals surface area contributed by atoms with Crippen molar-refractivity contribution in [1.82, 2.24) is 10.6 Å². The smallest absolute Gasteiger partial charge is 0.262 e. The summed E-state index contributed by atoms with van der Waals surface area (Å²) in [5, 5.41) is 23.6. The van der Waals surface area contributed by atoms with Crippen molar-refractivity contribution < 1.29 is 19.1 Å². The maximum absolute atomic E-state index is 12.0. The molecule has 0 aromatic heterocycles. The van der Waals surface area contributed by atoms with E-state index in [1.54, 1.807) is 24.3 Å². The molecule has 0 unspecified atom stereocenters. The van der Waals surface area contributed by atoms with Crippen molar-refractivity contribution in [2.24, 2.45) is 0 Å². The predicted molar refractivity (Wildman–Crippen MR) is 103 cm³/mol. The van der Waals surface area contributed by atoms with Gasteiger partial charge in [0.15, 0.2) is 0 Å². The van der Waals surface area contributed by atoms with Crippen LogP contribution in [0.2, 0.25) is 0 Å². The lowest BCUT2D eigenvalue weighted by atomic mass is 10.1. The first kappa shape index (κ1) is 22.6. The molecule has 0 aliphatic carbocycles. The van der Waals surface area contributed by atoms with E-state index in [9.17, 15) is 20.1 Å². The lowest BCUT2D eigenvalue weighted by Gasteiger charge is -2.04. The van der Waals surface area contributed by atoms with Gasteiger partial charge in [-0.3, -0.25) is 9.59 Å². The number of nitrogens with zero attached hydrogens (tertiary/aromatic N) is 2. The average molecular weight is 382 g/mol. The minimum atomic E-state index is -0.504. The van der Waals surface area contributed by atoms with Crippen LogP contribution >= 0.6 is 0 Å². The highest BCUT2D eigenvalue weighted by Gasteiger charge is 2.10. The van der Waals surface area contributed by atoms with Gasteiger partial charge in [0.1, 0.15) is 23.3 Å². The van der Waals surface area contributed by atoms with Crippen molar-refractivity contribution in [3.8, 4) is 12.1 Å². The van der Waals surface area contributed by atoms with Crippen LogP contribution in [-0.4, -0.2) is 52.3 Å². The number of benzene rings is 1. The monoisotopic (exact) mass is 382 g/mol. The fraction of sp³-hybridized carbons (Fsp3) is 0.300. The Bertz CT molecular complexity index is 766. The molecule has 1 aromatic rings. The van der Waals surface area contributed by atoms with E-state index < -0.39 is 11.8 Å². The second-order valence-corrected chi connectivity index (χ2v) is 5.51. The lowest BCUT2D eigenvalue weighted by molar-refractivity contribution is -0.118. The van der Waals surface area contributed by atoms with E-state index in [1.165, 1.54) is 26.4 Å². The van der Waals surface area contributed by atoms with E-state index in [-0.39, 0.29) is 11.1 Å². The summed E-state index contributed by atoms with van der Waals surface area (Å²) in [5.41, 5.74) is 1.05. The van der Waals surface area contributed by atoms with Crippen molar-refractivity contribution in [1.29, 1.82) is 10.5 Å². The Kier molecular flexibility index (Phi) is 10.3. The summed E-state index contributed by atoms with van der Waals surface area (Å²) in [6, 6.07) is 10.5. The minimum Gasteiger partial charge on any atom is -0.383 e. The van der Waals surface area contributed by atoms with Gasteiger partial charge in [0.05, 0.1) is 13.2 Å². The molecule has 0 aliphatic heterocycles. The SMILES string of the molecule is COCCNC(=O)C(C#N)=Cc1cccc(C=C(C#N)C(=O)NCCOC)c1. The minimum absolute atomic E-state index is 0.0601. The van der Waals surface area contributed by atoms with E-state index in [0.29, 0.717) is 37.4 Å². The van der Waals surface area contributed by atoms with Crippen LogP contribution in [0, 0.1) is 22.7 Å². The number of rotatable bonds is 10. The molecule has 1 rings (SSSR count). The normalized spacial score (nSPS) is 11.3. The van der Waals surface area contributed by atoms with Crippen LogP contribution in [0.25, 0.3) is 12.2 Å². The Morgan fingerprint density at radius 2 is 1.36 bits per heavy atom. The highest BCUT2D eigenvalue weighted by molar-refractivity contribution is 6.02. The molecule has 0 atom stereocenters. The van der Waals surface area contributed by atoms with Gasteiger partial charge in [-0.25, -0.2) is 0 Å². The lowest BCUT2D eigenvalue weighted by Crippen LogP contribution is -2.27. The molecule has 0 saturated carbocycles. The van der Waals surface area contributed by atoms with Crippen molar-refractivity contribution in [3.05, 3.63) is 46.5 Å². The first-order valence-corrected chi connectivity index (χ1v) is 8.43. The number of ether oxygens (including phenoxy) is 2. The number of hydrogen-bond donors (Lipinski definition) is 2. The van der Waals surface area contributed by atoms with Gasteiger partial charge in [0.2, 0.25) is 0 Å². The Hall–Kier alpha value is -3.46. The van der Waals surface area contributed by atoms with Gasteiger partial charge in [-0.2, -0.15) is 10.5 Å². The van der Waals surface area contributed by atoms with E-state index in [4.69, 9.17) is 9.47 Å². The van der Waals surface area contributed by atoms with Gasteiger partial charge in [-0.1, -0.05) is 18.2 Å². The molecule has 0 spiro atoms. The van der Waals surface area contributed by atoms with Crippen molar-refractivity contribution in [2.45, 2.75) is 0 Å². The molecule has 8 heteroatoms. The zero-order valence-electron chi connectivity index (χ0n) is 15.8. The summed E-state index contributed by atoms with van der Waals surface area (Å²) in [7, 11) is 3.03. The Balaban J connectivity index is 2.98. The number of methoxy groups -OCH3 is 2. The highest BCUT2D eigenvalue weighted by atomic mass is 16.5. The molecule has 2 N–H and O–H groups in total. The molecular formula is C20H22N4O4. The maximum Gasteiger partial charge on any atom is 0.262 e. The zero-order chi connectivity index (χ0) is 20.8. The summed E-state index contributed by atoms with van der Waals surface area (Å²) in [5.74, 6) is -1.01. The average Bonchev–Trinajstić information content (AvgIpc) is 2.70. The Morgan fingerprint density at radius 3 is 1.71 bits per heavy atom. The van der Waals surface area contributed by atoms with E-state index in [1.807, 2.05) is 12.1 Å². The van der Waals surface area contributed by atoms with Crippen LogP contribution in [-0.2, 0) is 19.1 Å². The molecule has 0 radical (unpaired) electrons. The number of carbonyl (C=O) groups excluding carboxylic acids is 2. The van der Waals surface area contributed by atoms with Crippen LogP contribution in [0.4, 0.5) is 0 Å². The fourth-order valence-corrected chi connectivity index (χ4v) is 2.09. The predicted octanol–water partition coefficient (Wildman–Crippen LogP) is 1.03. The first-order valence-electron chi connectivity index (χ1n) is 8.43. The van der Waals surface area contributed by atoms with Crippen LogP contribution in [0.15, 0.2) is 35.4 Å². The molecule has 0 aliphatic rings. The summed E-state index contributed by atoms with van der Waals surface area (Å²) < 4.78 is 9.70. The molecule has 0 fully saturated rings. The summed E-state index contributed by atoms with van der Waals surface area (Å²) in [6.45, 7) is 1.27. The van der Waals surface area contributed by atoms with Gasteiger partial charge >= 0.3 is 0 Å². The van der Waals surface area contributed by atoms with Gasteiger partial charge < -0.3 is 20.1 Å². The maximum atomic E-state index is 12.0.